The van der Waals surface area contributed by atoms with Gasteiger partial charge in [0.15, 0.2) is 5.65 Å². The minimum atomic E-state index is -4.55. The highest BCUT2D eigenvalue weighted by Gasteiger charge is 2.38. The van der Waals surface area contributed by atoms with E-state index in [0.717, 1.165) is 15.8 Å². The molecule has 0 atom stereocenters. The number of carbonyl (C=O) groups is 1. The Labute approximate surface area is 177 Å². The molecule has 0 unspecified atom stereocenters. The first kappa shape index (κ1) is 21.1. The average molecular weight is 432 g/mol. The zero-order chi connectivity index (χ0) is 22.0. The van der Waals surface area contributed by atoms with Gasteiger partial charge in [-0.15, -0.1) is 0 Å². The number of halogens is 3. The number of anilines is 1. The highest BCUT2D eigenvalue weighted by molar-refractivity contribution is 5.89. The molecule has 1 aliphatic heterocycles. The molecule has 31 heavy (non-hydrogen) atoms. The van der Waals surface area contributed by atoms with Gasteiger partial charge in [0.25, 0.3) is 0 Å². The standard InChI is InChI=1S/C21H23F3N6O/c1-15-4-6-16(7-5-15)26-20(31)29-12-9-28(10-13-29)11-14-30-18-17(3-2-8-25-18)27-19(30)21(22,23)24/h2-8H,9-14H2,1H3,(H,26,31). The molecule has 1 fully saturated rings. The second-order valence-corrected chi connectivity index (χ2v) is 7.56. The molecule has 2 amide bonds. The first-order valence-electron chi connectivity index (χ1n) is 10.0. The van der Waals surface area contributed by atoms with Crippen LogP contribution in [0.2, 0.25) is 0 Å². The molecule has 1 aromatic carbocycles. The summed E-state index contributed by atoms with van der Waals surface area (Å²) in [7, 11) is 0. The summed E-state index contributed by atoms with van der Waals surface area (Å²) in [6.45, 7) is 4.70. The lowest BCUT2D eigenvalue weighted by molar-refractivity contribution is -0.147. The van der Waals surface area contributed by atoms with Crippen molar-refractivity contribution in [2.24, 2.45) is 0 Å². The Bertz CT molecular complexity index is 1060. The minimum absolute atomic E-state index is 0.123. The number of hydrogen-bond donors (Lipinski definition) is 1. The van der Waals surface area contributed by atoms with Crippen molar-refractivity contribution >= 4 is 22.9 Å². The molecule has 0 bridgehead atoms. The smallest absolute Gasteiger partial charge is 0.322 e. The Morgan fingerprint density at radius 1 is 1.06 bits per heavy atom. The van der Waals surface area contributed by atoms with E-state index >= 15 is 0 Å². The molecule has 0 saturated carbocycles. The largest absolute Gasteiger partial charge is 0.449 e. The van der Waals surface area contributed by atoms with E-state index in [2.05, 4.69) is 15.3 Å². The molecule has 1 N–H and O–H groups in total. The quantitative estimate of drug-likeness (QED) is 0.684. The molecule has 164 valence electrons. The first-order valence-corrected chi connectivity index (χ1v) is 10.0. The van der Waals surface area contributed by atoms with E-state index in [1.165, 1.54) is 12.3 Å². The fourth-order valence-corrected chi connectivity index (χ4v) is 3.64. The van der Waals surface area contributed by atoms with E-state index in [1.54, 1.807) is 11.0 Å². The monoisotopic (exact) mass is 432 g/mol. The number of rotatable bonds is 4. The van der Waals surface area contributed by atoms with Crippen LogP contribution in [0.25, 0.3) is 11.2 Å². The summed E-state index contributed by atoms with van der Waals surface area (Å²) in [6, 6.07) is 10.5. The van der Waals surface area contributed by atoms with E-state index < -0.39 is 12.0 Å². The second-order valence-electron chi connectivity index (χ2n) is 7.56. The van der Waals surface area contributed by atoms with Crippen LogP contribution < -0.4 is 5.32 Å². The summed E-state index contributed by atoms with van der Waals surface area (Å²) in [5.74, 6) is -0.933. The molecule has 3 heterocycles. The summed E-state index contributed by atoms with van der Waals surface area (Å²) in [5, 5.41) is 2.88. The van der Waals surface area contributed by atoms with Crippen molar-refractivity contribution < 1.29 is 18.0 Å². The zero-order valence-electron chi connectivity index (χ0n) is 17.1. The molecule has 0 radical (unpaired) electrons. The molecule has 1 saturated heterocycles. The van der Waals surface area contributed by atoms with Crippen LogP contribution in [0.1, 0.15) is 11.4 Å². The zero-order valence-corrected chi connectivity index (χ0v) is 17.1. The Balaban J connectivity index is 1.35. The third-order valence-corrected chi connectivity index (χ3v) is 5.36. The molecule has 3 aromatic rings. The minimum Gasteiger partial charge on any atom is -0.322 e. The number of pyridine rings is 1. The van der Waals surface area contributed by atoms with Gasteiger partial charge < -0.3 is 14.8 Å². The molecular weight excluding hydrogens is 409 g/mol. The number of nitrogens with one attached hydrogen (secondary N) is 1. The lowest BCUT2D eigenvalue weighted by Crippen LogP contribution is -2.50. The summed E-state index contributed by atoms with van der Waals surface area (Å²) in [6.07, 6.45) is -3.08. The van der Waals surface area contributed by atoms with Crippen molar-refractivity contribution in [1.29, 1.82) is 0 Å². The van der Waals surface area contributed by atoms with Crippen LogP contribution in [0.4, 0.5) is 23.7 Å². The molecular formula is C21H23F3N6O. The number of carbonyl (C=O) groups excluding carboxylic acids is 1. The maximum absolute atomic E-state index is 13.4. The van der Waals surface area contributed by atoms with Gasteiger partial charge in [-0.25, -0.2) is 14.8 Å². The Morgan fingerprint density at radius 3 is 2.45 bits per heavy atom. The summed E-state index contributed by atoms with van der Waals surface area (Å²) in [4.78, 5) is 24.0. The number of fused-ring (bicyclic) bond motifs is 1. The second kappa shape index (κ2) is 8.54. The summed E-state index contributed by atoms with van der Waals surface area (Å²) in [5.41, 5.74) is 2.30. The number of urea groups is 1. The van der Waals surface area contributed by atoms with Crippen LogP contribution in [0.15, 0.2) is 42.6 Å². The van der Waals surface area contributed by atoms with E-state index in [-0.39, 0.29) is 23.7 Å². The Hall–Kier alpha value is -3.14. The number of nitrogens with zero attached hydrogens (tertiary/aromatic N) is 5. The van der Waals surface area contributed by atoms with Crippen LogP contribution in [0, 0.1) is 6.92 Å². The maximum atomic E-state index is 13.4. The van der Waals surface area contributed by atoms with Gasteiger partial charge in [0, 0.05) is 51.2 Å². The number of aryl methyl sites for hydroxylation is 1. The summed E-state index contributed by atoms with van der Waals surface area (Å²) >= 11 is 0. The number of amides is 2. The molecule has 1 aliphatic rings. The molecule has 4 rings (SSSR count). The van der Waals surface area contributed by atoms with E-state index in [9.17, 15) is 18.0 Å². The molecule has 0 spiro atoms. The van der Waals surface area contributed by atoms with Gasteiger partial charge in [0.05, 0.1) is 0 Å². The van der Waals surface area contributed by atoms with Gasteiger partial charge in [0.2, 0.25) is 5.82 Å². The number of alkyl halides is 3. The van der Waals surface area contributed by atoms with Gasteiger partial charge in [-0.2, -0.15) is 13.2 Å². The number of aromatic nitrogens is 3. The van der Waals surface area contributed by atoms with Crippen molar-refractivity contribution in [3.63, 3.8) is 0 Å². The van der Waals surface area contributed by atoms with Crippen molar-refractivity contribution in [1.82, 2.24) is 24.3 Å². The lowest BCUT2D eigenvalue weighted by Gasteiger charge is -2.34. The number of piperazine rings is 1. The van der Waals surface area contributed by atoms with E-state index in [4.69, 9.17) is 0 Å². The van der Waals surface area contributed by atoms with Gasteiger partial charge >= 0.3 is 12.2 Å². The van der Waals surface area contributed by atoms with E-state index in [1.807, 2.05) is 36.1 Å². The van der Waals surface area contributed by atoms with Gasteiger partial charge in [-0.1, -0.05) is 17.7 Å². The van der Waals surface area contributed by atoms with Gasteiger partial charge in [-0.3, -0.25) is 4.90 Å². The van der Waals surface area contributed by atoms with Crippen LogP contribution in [-0.2, 0) is 12.7 Å². The molecule has 10 heteroatoms. The van der Waals surface area contributed by atoms with Crippen molar-refractivity contribution in [3.05, 3.63) is 54.0 Å². The number of benzene rings is 1. The predicted octanol–water partition coefficient (Wildman–Crippen LogP) is 3.61. The molecule has 2 aromatic heterocycles. The highest BCUT2D eigenvalue weighted by Crippen LogP contribution is 2.30. The topological polar surface area (TPSA) is 66.3 Å². The van der Waals surface area contributed by atoms with Gasteiger partial charge in [0.1, 0.15) is 5.52 Å². The normalized spacial score (nSPS) is 15.4. The fraction of sp³-hybridized carbons (Fsp3) is 0.381. The van der Waals surface area contributed by atoms with Gasteiger partial charge in [-0.05, 0) is 31.2 Å². The van der Waals surface area contributed by atoms with Crippen molar-refractivity contribution in [2.75, 3.05) is 38.0 Å². The molecule has 7 nitrogen and oxygen atoms in total. The Kier molecular flexibility index (Phi) is 5.81. The molecule has 0 aliphatic carbocycles. The van der Waals surface area contributed by atoms with Crippen LogP contribution in [0.3, 0.4) is 0 Å². The Morgan fingerprint density at radius 2 is 1.77 bits per heavy atom. The third kappa shape index (κ3) is 4.79. The SMILES string of the molecule is Cc1ccc(NC(=O)N2CCN(CCn3c(C(F)(F)F)nc4cccnc43)CC2)cc1. The van der Waals surface area contributed by atoms with Crippen molar-refractivity contribution in [3.8, 4) is 0 Å². The third-order valence-electron chi connectivity index (χ3n) is 5.36. The number of hydrogen-bond acceptors (Lipinski definition) is 4. The van der Waals surface area contributed by atoms with Crippen LogP contribution in [-0.4, -0.2) is 63.1 Å². The lowest BCUT2D eigenvalue weighted by atomic mass is 10.2. The van der Waals surface area contributed by atoms with E-state index in [0.29, 0.717) is 32.7 Å². The number of imidazole rings is 1. The predicted molar refractivity (Wildman–Crippen MR) is 111 cm³/mol. The highest BCUT2D eigenvalue weighted by atomic mass is 19.4. The maximum Gasteiger partial charge on any atom is 0.449 e. The van der Waals surface area contributed by atoms with Crippen LogP contribution >= 0.6 is 0 Å². The fourth-order valence-electron chi connectivity index (χ4n) is 3.64. The first-order chi connectivity index (χ1) is 14.8. The van der Waals surface area contributed by atoms with Crippen molar-refractivity contribution in [2.45, 2.75) is 19.6 Å². The average Bonchev–Trinajstić information content (AvgIpc) is 3.13. The summed E-state index contributed by atoms with van der Waals surface area (Å²) < 4.78 is 41.4. The van der Waals surface area contributed by atoms with Crippen LogP contribution in [0.5, 0.6) is 0 Å².